The summed E-state index contributed by atoms with van der Waals surface area (Å²) in [6.07, 6.45) is 2.37. The van der Waals surface area contributed by atoms with E-state index in [0.717, 1.165) is 19.3 Å². The minimum Gasteiger partial charge on any atom is -0.466 e. The van der Waals surface area contributed by atoms with Gasteiger partial charge in [0.25, 0.3) is 0 Å². The first-order valence-electron chi connectivity index (χ1n) is 5.54. The summed E-state index contributed by atoms with van der Waals surface area (Å²) in [7, 11) is 0. The summed E-state index contributed by atoms with van der Waals surface area (Å²) in [5, 5.41) is 0. The molecular formula is C11H18O4. The summed E-state index contributed by atoms with van der Waals surface area (Å²) in [6, 6.07) is 0. The second-order valence-corrected chi connectivity index (χ2v) is 3.65. The van der Waals surface area contributed by atoms with E-state index in [1.54, 1.807) is 13.8 Å². The van der Waals surface area contributed by atoms with Gasteiger partial charge in [0.15, 0.2) is 0 Å². The van der Waals surface area contributed by atoms with E-state index < -0.39 is 0 Å². The van der Waals surface area contributed by atoms with Gasteiger partial charge >= 0.3 is 11.9 Å². The van der Waals surface area contributed by atoms with Crippen molar-refractivity contribution in [1.82, 2.24) is 0 Å². The van der Waals surface area contributed by atoms with Gasteiger partial charge in [-0.05, 0) is 26.7 Å². The molecule has 0 heterocycles. The Morgan fingerprint density at radius 3 is 1.73 bits per heavy atom. The summed E-state index contributed by atoms with van der Waals surface area (Å²) in [4.78, 5) is 23.1. The third-order valence-corrected chi connectivity index (χ3v) is 2.69. The van der Waals surface area contributed by atoms with Crippen molar-refractivity contribution >= 4 is 11.9 Å². The quantitative estimate of drug-likeness (QED) is 0.666. The number of carbonyl (C=O) groups is 2. The van der Waals surface area contributed by atoms with Crippen molar-refractivity contribution in [2.45, 2.75) is 33.1 Å². The van der Waals surface area contributed by atoms with Crippen LogP contribution in [0.5, 0.6) is 0 Å². The minimum atomic E-state index is -0.288. The number of carbonyl (C=O) groups excluding carboxylic acids is 2. The number of hydrogen-bond donors (Lipinski definition) is 0. The molecule has 86 valence electrons. The molecule has 2 atom stereocenters. The van der Waals surface area contributed by atoms with Crippen molar-refractivity contribution < 1.29 is 19.1 Å². The Morgan fingerprint density at radius 1 is 1.00 bits per heavy atom. The third-order valence-electron chi connectivity index (χ3n) is 2.69. The Balaban J connectivity index is 2.56. The molecule has 1 fully saturated rings. The molecule has 1 saturated carbocycles. The maximum Gasteiger partial charge on any atom is 0.309 e. The fourth-order valence-corrected chi connectivity index (χ4v) is 2.02. The number of esters is 2. The Morgan fingerprint density at radius 2 is 1.40 bits per heavy atom. The summed E-state index contributed by atoms with van der Waals surface area (Å²) in [6.45, 7) is 4.27. The van der Waals surface area contributed by atoms with Crippen LogP contribution in [0, 0.1) is 11.8 Å². The van der Waals surface area contributed by atoms with Crippen molar-refractivity contribution in [2.24, 2.45) is 11.8 Å². The molecule has 1 rings (SSSR count). The van der Waals surface area contributed by atoms with E-state index in [1.807, 2.05) is 0 Å². The largest absolute Gasteiger partial charge is 0.466 e. The molecule has 0 aliphatic heterocycles. The fourth-order valence-electron chi connectivity index (χ4n) is 2.02. The highest BCUT2D eigenvalue weighted by Gasteiger charge is 2.39. The normalized spacial score (nSPS) is 24.9. The number of rotatable bonds is 4. The molecule has 0 bridgehead atoms. The first-order chi connectivity index (χ1) is 7.20. The highest BCUT2D eigenvalue weighted by molar-refractivity contribution is 5.82. The molecular weight excluding hydrogens is 196 g/mol. The SMILES string of the molecule is CCOC(=O)[C@@H]1CCC[C@H]1C(=O)OCC. The molecule has 4 heteroatoms. The molecule has 15 heavy (non-hydrogen) atoms. The van der Waals surface area contributed by atoms with Gasteiger partial charge in [-0.15, -0.1) is 0 Å². The Hall–Kier alpha value is -1.06. The topological polar surface area (TPSA) is 52.6 Å². The Bertz CT molecular complexity index is 213. The van der Waals surface area contributed by atoms with Crippen LogP contribution in [0.4, 0.5) is 0 Å². The van der Waals surface area contributed by atoms with Crippen LogP contribution in [-0.2, 0) is 19.1 Å². The van der Waals surface area contributed by atoms with Crippen molar-refractivity contribution in [3.8, 4) is 0 Å². The van der Waals surface area contributed by atoms with Crippen molar-refractivity contribution in [2.75, 3.05) is 13.2 Å². The lowest BCUT2D eigenvalue weighted by atomic mass is 9.96. The second kappa shape index (κ2) is 5.73. The predicted octanol–water partition coefficient (Wildman–Crippen LogP) is 1.53. The highest BCUT2D eigenvalue weighted by atomic mass is 16.5. The van der Waals surface area contributed by atoms with E-state index in [0.29, 0.717) is 13.2 Å². The van der Waals surface area contributed by atoms with Crippen LogP contribution in [0.15, 0.2) is 0 Å². The van der Waals surface area contributed by atoms with Crippen LogP contribution in [0.2, 0.25) is 0 Å². The molecule has 1 aliphatic carbocycles. The van der Waals surface area contributed by atoms with Gasteiger partial charge in [-0.2, -0.15) is 0 Å². The lowest BCUT2D eigenvalue weighted by Gasteiger charge is -2.16. The first-order valence-corrected chi connectivity index (χ1v) is 5.54. The minimum absolute atomic E-state index is 0.256. The smallest absolute Gasteiger partial charge is 0.309 e. The highest BCUT2D eigenvalue weighted by Crippen LogP contribution is 2.33. The molecule has 0 N–H and O–H groups in total. The van der Waals surface area contributed by atoms with E-state index in [4.69, 9.17) is 9.47 Å². The van der Waals surface area contributed by atoms with Crippen LogP contribution < -0.4 is 0 Å². The van der Waals surface area contributed by atoms with E-state index in [9.17, 15) is 9.59 Å². The lowest BCUT2D eigenvalue weighted by Crippen LogP contribution is -2.28. The molecule has 0 saturated heterocycles. The van der Waals surface area contributed by atoms with Gasteiger partial charge in [0.2, 0.25) is 0 Å². The van der Waals surface area contributed by atoms with Gasteiger partial charge in [-0.25, -0.2) is 0 Å². The Labute approximate surface area is 89.9 Å². The van der Waals surface area contributed by atoms with E-state index >= 15 is 0 Å². The van der Waals surface area contributed by atoms with Gasteiger partial charge in [0, 0.05) is 0 Å². The zero-order valence-electron chi connectivity index (χ0n) is 9.32. The van der Waals surface area contributed by atoms with Gasteiger partial charge in [-0.1, -0.05) is 6.42 Å². The van der Waals surface area contributed by atoms with Crippen molar-refractivity contribution in [3.05, 3.63) is 0 Å². The standard InChI is InChI=1S/C11H18O4/c1-3-14-10(12)8-6-5-7-9(8)11(13)15-4-2/h8-9H,3-7H2,1-2H3/t8-,9-/m1/s1. The molecule has 0 amide bonds. The summed E-state index contributed by atoms with van der Waals surface area (Å²) in [5.74, 6) is -1.09. The van der Waals surface area contributed by atoms with Crippen LogP contribution in [-0.4, -0.2) is 25.2 Å². The molecule has 0 unspecified atom stereocenters. The van der Waals surface area contributed by atoms with Gasteiger partial charge in [-0.3, -0.25) is 9.59 Å². The maximum atomic E-state index is 11.5. The van der Waals surface area contributed by atoms with Crippen molar-refractivity contribution in [3.63, 3.8) is 0 Å². The summed E-state index contributed by atoms with van der Waals surface area (Å²) >= 11 is 0. The third kappa shape index (κ3) is 2.94. The monoisotopic (exact) mass is 214 g/mol. The molecule has 1 aliphatic rings. The molecule has 4 nitrogen and oxygen atoms in total. The summed E-state index contributed by atoms with van der Waals surface area (Å²) < 4.78 is 9.88. The van der Waals surface area contributed by atoms with Gasteiger partial charge in [0.1, 0.15) is 0 Å². The average Bonchev–Trinajstić information content (AvgIpc) is 2.66. The predicted molar refractivity (Wildman–Crippen MR) is 54.1 cm³/mol. The number of ether oxygens (including phenoxy) is 2. The van der Waals surface area contributed by atoms with Gasteiger partial charge < -0.3 is 9.47 Å². The van der Waals surface area contributed by atoms with Crippen LogP contribution in [0.1, 0.15) is 33.1 Å². The van der Waals surface area contributed by atoms with Crippen LogP contribution >= 0.6 is 0 Å². The number of hydrogen-bond acceptors (Lipinski definition) is 4. The molecule has 0 radical (unpaired) electrons. The van der Waals surface area contributed by atoms with E-state index in [1.165, 1.54) is 0 Å². The van der Waals surface area contributed by atoms with Crippen LogP contribution in [0.25, 0.3) is 0 Å². The zero-order chi connectivity index (χ0) is 11.3. The van der Waals surface area contributed by atoms with Crippen LogP contribution in [0.3, 0.4) is 0 Å². The Kier molecular flexibility index (Phi) is 4.59. The lowest BCUT2D eigenvalue weighted by molar-refractivity contribution is -0.158. The second-order valence-electron chi connectivity index (χ2n) is 3.65. The van der Waals surface area contributed by atoms with Gasteiger partial charge in [0.05, 0.1) is 25.0 Å². The summed E-state index contributed by atoms with van der Waals surface area (Å²) in [5.41, 5.74) is 0. The first kappa shape index (κ1) is 12.0. The molecule has 0 aromatic heterocycles. The maximum absolute atomic E-state index is 11.5. The average molecular weight is 214 g/mol. The fraction of sp³-hybridized carbons (Fsp3) is 0.818. The molecule has 0 spiro atoms. The van der Waals surface area contributed by atoms with E-state index in [2.05, 4.69) is 0 Å². The van der Waals surface area contributed by atoms with E-state index in [-0.39, 0.29) is 23.8 Å². The molecule has 0 aromatic carbocycles. The van der Waals surface area contributed by atoms with Crippen molar-refractivity contribution in [1.29, 1.82) is 0 Å². The zero-order valence-corrected chi connectivity index (χ0v) is 9.32. The molecule has 0 aromatic rings.